The molecule has 0 saturated carbocycles. The van der Waals surface area contributed by atoms with Crippen LogP contribution >= 0.6 is 27.5 Å². The highest BCUT2D eigenvalue weighted by Crippen LogP contribution is 2.37. The van der Waals surface area contributed by atoms with Crippen molar-refractivity contribution in [3.05, 3.63) is 32.9 Å². The van der Waals surface area contributed by atoms with Crippen LogP contribution in [0.2, 0.25) is 5.02 Å². The van der Waals surface area contributed by atoms with Crippen molar-refractivity contribution < 1.29 is 0 Å². The van der Waals surface area contributed by atoms with E-state index in [4.69, 9.17) is 17.4 Å². The Labute approximate surface area is 112 Å². The maximum Gasteiger partial charge on any atom is 0.0913 e. The predicted molar refractivity (Wildman–Crippen MR) is 74.3 cm³/mol. The van der Waals surface area contributed by atoms with E-state index < -0.39 is 0 Å². The number of hydrazine groups is 1. The summed E-state index contributed by atoms with van der Waals surface area (Å²) in [7, 11) is 0. The van der Waals surface area contributed by atoms with Crippen LogP contribution in [0, 0.1) is 0 Å². The molecule has 0 aliphatic heterocycles. The minimum atomic E-state index is 0.653. The molecule has 1 aliphatic rings. The molecule has 0 bridgehead atoms. The molecule has 0 spiro atoms. The number of benzene rings is 1. The number of nitrogens with one attached hydrogen (secondary N) is 1. The predicted octanol–water partition coefficient (Wildman–Crippen LogP) is 3.43. The van der Waals surface area contributed by atoms with E-state index in [0.717, 1.165) is 46.0 Å². The van der Waals surface area contributed by atoms with Gasteiger partial charge in [0.2, 0.25) is 0 Å². The van der Waals surface area contributed by atoms with Gasteiger partial charge in [0.05, 0.1) is 16.2 Å². The second kappa shape index (κ2) is 4.12. The van der Waals surface area contributed by atoms with Crippen LogP contribution in [0.5, 0.6) is 0 Å². The van der Waals surface area contributed by atoms with E-state index in [1.807, 2.05) is 12.1 Å². The Balaban J connectivity index is 2.45. The van der Waals surface area contributed by atoms with Gasteiger partial charge in [-0.3, -0.25) is 10.8 Å². The number of nitrogens with two attached hydrogens (primary N) is 1. The van der Waals surface area contributed by atoms with Crippen molar-refractivity contribution >= 4 is 44.1 Å². The van der Waals surface area contributed by atoms with Gasteiger partial charge in [-0.1, -0.05) is 27.5 Å². The first-order chi connectivity index (χ1) is 8.20. The SMILES string of the molecule is NNc1c2c(nc3c(Cl)cc(Br)cc13)CCC2. The molecule has 0 radical (unpaired) electrons. The van der Waals surface area contributed by atoms with Crippen molar-refractivity contribution in [2.75, 3.05) is 5.43 Å². The van der Waals surface area contributed by atoms with E-state index in [2.05, 4.69) is 26.3 Å². The van der Waals surface area contributed by atoms with Gasteiger partial charge in [0.1, 0.15) is 0 Å². The van der Waals surface area contributed by atoms with Gasteiger partial charge in [-0.25, -0.2) is 0 Å². The van der Waals surface area contributed by atoms with Crippen LogP contribution in [-0.2, 0) is 12.8 Å². The maximum absolute atomic E-state index is 6.23. The molecule has 0 saturated heterocycles. The highest BCUT2D eigenvalue weighted by Gasteiger charge is 2.20. The summed E-state index contributed by atoms with van der Waals surface area (Å²) in [5.74, 6) is 5.65. The molecular formula is C12H11BrClN3. The van der Waals surface area contributed by atoms with Gasteiger partial charge in [0.25, 0.3) is 0 Å². The average molecular weight is 313 g/mol. The summed E-state index contributed by atoms with van der Waals surface area (Å²) >= 11 is 9.68. The van der Waals surface area contributed by atoms with Gasteiger partial charge in [-0.2, -0.15) is 0 Å². The largest absolute Gasteiger partial charge is 0.323 e. The molecule has 2 aromatic rings. The third-order valence-electron chi connectivity index (χ3n) is 3.18. The van der Waals surface area contributed by atoms with Gasteiger partial charge < -0.3 is 5.43 Å². The number of aryl methyl sites for hydroxylation is 1. The number of anilines is 1. The van der Waals surface area contributed by atoms with Crippen LogP contribution < -0.4 is 11.3 Å². The third-order valence-corrected chi connectivity index (χ3v) is 3.93. The minimum Gasteiger partial charge on any atom is -0.323 e. The Bertz CT molecular complexity index is 612. The van der Waals surface area contributed by atoms with Crippen LogP contribution in [0.4, 0.5) is 5.69 Å². The monoisotopic (exact) mass is 311 g/mol. The van der Waals surface area contributed by atoms with Crippen LogP contribution in [-0.4, -0.2) is 4.98 Å². The number of hydrogen-bond donors (Lipinski definition) is 2. The molecular weight excluding hydrogens is 302 g/mol. The number of aromatic nitrogens is 1. The minimum absolute atomic E-state index is 0.653. The maximum atomic E-state index is 6.23. The van der Waals surface area contributed by atoms with Crippen LogP contribution in [0.25, 0.3) is 10.9 Å². The number of rotatable bonds is 1. The number of nitrogens with zero attached hydrogens (tertiary/aromatic N) is 1. The molecule has 3 nitrogen and oxygen atoms in total. The first-order valence-electron chi connectivity index (χ1n) is 5.48. The topological polar surface area (TPSA) is 50.9 Å². The third kappa shape index (κ3) is 1.71. The van der Waals surface area contributed by atoms with E-state index in [-0.39, 0.29) is 0 Å². The molecule has 5 heteroatoms. The number of hydrogen-bond acceptors (Lipinski definition) is 3. The zero-order valence-corrected chi connectivity index (χ0v) is 11.4. The fourth-order valence-corrected chi connectivity index (χ4v) is 3.30. The standard InChI is InChI=1S/C12H11BrClN3/c13-6-4-8-11(17-15)7-2-1-3-10(7)16-12(8)9(14)5-6/h4-5H,1-3,15H2,(H,16,17). The molecule has 1 aromatic carbocycles. The lowest BCUT2D eigenvalue weighted by Gasteiger charge is -2.12. The summed E-state index contributed by atoms with van der Waals surface area (Å²) in [4.78, 5) is 4.66. The average Bonchev–Trinajstić information content (AvgIpc) is 2.74. The second-order valence-corrected chi connectivity index (χ2v) is 5.52. The van der Waals surface area contributed by atoms with E-state index in [9.17, 15) is 0 Å². The van der Waals surface area contributed by atoms with Crippen molar-refractivity contribution in [3.8, 4) is 0 Å². The number of nitrogen functional groups attached to an aromatic ring is 1. The van der Waals surface area contributed by atoms with E-state index in [0.29, 0.717) is 5.02 Å². The zero-order valence-electron chi connectivity index (χ0n) is 9.06. The number of pyridine rings is 1. The summed E-state index contributed by atoms with van der Waals surface area (Å²) in [5, 5.41) is 1.63. The van der Waals surface area contributed by atoms with Crippen LogP contribution in [0.1, 0.15) is 17.7 Å². The molecule has 17 heavy (non-hydrogen) atoms. The van der Waals surface area contributed by atoms with Crippen molar-refractivity contribution in [2.45, 2.75) is 19.3 Å². The molecule has 0 unspecified atom stereocenters. The summed E-state index contributed by atoms with van der Waals surface area (Å²) in [6.07, 6.45) is 3.17. The Hall–Kier alpha value is -0.840. The highest BCUT2D eigenvalue weighted by atomic mass is 79.9. The molecule has 0 atom stereocenters. The lowest BCUT2D eigenvalue weighted by atomic mass is 10.1. The smallest absolute Gasteiger partial charge is 0.0913 e. The summed E-state index contributed by atoms with van der Waals surface area (Å²) in [6.45, 7) is 0. The number of fused-ring (bicyclic) bond motifs is 2. The Kier molecular flexibility index (Phi) is 2.73. The van der Waals surface area contributed by atoms with E-state index in [1.165, 1.54) is 5.56 Å². The van der Waals surface area contributed by atoms with Gasteiger partial charge in [0.15, 0.2) is 0 Å². The van der Waals surface area contributed by atoms with Crippen LogP contribution in [0.3, 0.4) is 0 Å². The molecule has 88 valence electrons. The molecule has 1 aromatic heterocycles. The summed E-state index contributed by atoms with van der Waals surface area (Å²) < 4.78 is 0.936. The first kappa shape index (κ1) is 11.3. The lowest BCUT2D eigenvalue weighted by Crippen LogP contribution is -2.10. The first-order valence-corrected chi connectivity index (χ1v) is 6.65. The van der Waals surface area contributed by atoms with E-state index >= 15 is 0 Å². The Morgan fingerprint density at radius 2 is 2.18 bits per heavy atom. The van der Waals surface area contributed by atoms with Crippen molar-refractivity contribution in [1.29, 1.82) is 0 Å². The molecule has 3 N–H and O–H groups in total. The fraction of sp³-hybridized carbons (Fsp3) is 0.250. The highest BCUT2D eigenvalue weighted by molar-refractivity contribution is 9.10. The Morgan fingerprint density at radius 1 is 1.35 bits per heavy atom. The van der Waals surface area contributed by atoms with Crippen molar-refractivity contribution in [3.63, 3.8) is 0 Å². The van der Waals surface area contributed by atoms with Gasteiger partial charge in [-0.15, -0.1) is 0 Å². The zero-order chi connectivity index (χ0) is 12.0. The van der Waals surface area contributed by atoms with Gasteiger partial charge in [-0.05, 0) is 37.0 Å². The summed E-state index contributed by atoms with van der Waals surface area (Å²) in [5.41, 5.74) is 6.94. The lowest BCUT2D eigenvalue weighted by molar-refractivity contribution is 0.901. The molecule has 0 amide bonds. The molecule has 1 aliphatic carbocycles. The van der Waals surface area contributed by atoms with Crippen molar-refractivity contribution in [1.82, 2.24) is 4.98 Å². The molecule has 1 heterocycles. The molecule has 0 fully saturated rings. The second-order valence-electron chi connectivity index (χ2n) is 4.19. The quantitative estimate of drug-likeness (QED) is 0.626. The van der Waals surface area contributed by atoms with Crippen LogP contribution in [0.15, 0.2) is 16.6 Å². The fourth-order valence-electron chi connectivity index (χ4n) is 2.45. The molecule has 3 rings (SSSR count). The number of halogens is 2. The van der Waals surface area contributed by atoms with Gasteiger partial charge in [0, 0.05) is 15.6 Å². The Morgan fingerprint density at radius 3 is 2.94 bits per heavy atom. The van der Waals surface area contributed by atoms with Crippen molar-refractivity contribution in [2.24, 2.45) is 5.84 Å². The van der Waals surface area contributed by atoms with E-state index in [1.54, 1.807) is 0 Å². The van der Waals surface area contributed by atoms with Gasteiger partial charge >= 0.3 is 0 Å². The normalized spacial score (nSPS) is 14.1. The summed E-state index contributed by atoms with van der Waals surface area (Å²) in [6, 6.07) is 3.86.